The number of aryl methyl sites for hydroxylation is 1. The highest BCUT2D eigenvalue weighted by atomic mass is 16.1. The lowest BCUT2D eigenvalue weighted by molar-refractivity contribution is -0.130. The van der Waals surface area contributed by atoms with Crippen LogP contribution < -0.4 is 0 Å². The number of allylic oxidation sites excluding steroid dienone is 1. The molecule has 1 heterocycles. The monoisotopic (exact) mass is 297 g/mol. The normalized spacial score (nSPS) is 12.9. The molecule has 0 aliphatic heterocycles. The zero-order valence-corrected chi connectivity index (χ0v) is 13.5. The van der Waals surface area contributed by atoms with Crippen LogP contribution in [0, 0.1) is 12.3 Å². The Bertz CT molecular complexity index is 644. The summed E-state index contributed by atoms with van der Waals surface area (Å²) < 4.78 is 1.63. The molecule has 0 saturated carbocycles. The molecular weight excluding hydrogens is 274 g/mol. The van der Waals surface area contributed by atoms with Crippen molar-refractivity contribution in [2.45, 2.75) is 39.7 Å². The fourth-order valence-corrected chi connectivity index (χ4v) is 2.69. The van der Waals surface area contributed by atoms with Crippen LogP contribution in [0.3, 0.4) is 0 Å². The van der Waals surface area contributed by atoms with E-state index in [2.05, 4.69) is 35.7 Å². The standard InChI is InChI=1S/C18H23N3O/c1-5-8-16(21-13-19-12-20-21)17(22)18(3,4)11-15-10-7-6-9-14(15)2/h5-7,9-10,12-13,16H,1,8,11H2,2-4H3. The van der Waals surface area contributed by atoms with Crippen molar-refractivity contribution in [2.75, 3.05) is 0 Å². The van der Waals surface area contributed by atoms with E-state index in [1.54, 1.807) is 17.1 Å². The van der Waals surface area contributed by atoms with Crippen LogP contribution in [0.1, 0.15) is 37.4 Å². The highest BCUT2D eigenvalue weighted by Crippen LogP contribution is 2.30. The molecular formula is C18H23N3O. The Morgan fingerprint density at radius 2 is 2.14 bits per heavy atom. The van der Waals surface area contributed by atoms with Gasteiger partial charge in [0, 0.05) is 5.41 Å². The van der Waals surface area contributed by atoms with Gasteiger partial charge >= 0.3 is 0 Å². The van der Waals surface area contributed by atoms with Crippen molar-refractivity contribution >= 4 is 5.78 Å². The molecule has 0 saturated heterocycles. The van der Waals surface area contributed by atoms with Crippen molar-refractivity contribution in [1.29, 1.82) is 0 Å². The van der Waals surface area contributed by atoms with E-state index in [1.165, 1.54) is 17.5 Å². The van der Waals surface area contributed by atoms with E-state index in [9.17, 15) is 4.79 Å². The maximum absolute atomic E-state index is 13.0. The van der Waals surface area contributed by atoms with Crippen LogP contribution >= 0.6 is 0 Å². The number of hydrogen-bond donors (Lipinski definition) is 0. The van der Waals surface area contributed by atoms with E-state index in [1.807, 2.05) is 26.0 Å². The van der Waals surface area contributed by atoms with Crippen LogP contribution in [-0.2, 0) is 11.2 Å². The minimum atomic E-state index is -0.480. The van der Waals surface area contributed by atoms with E-state index in [4.69, 9.17) is 0 Å². The number of aromatic nitrogens is 3. The average molecular weight is 297 g/mol. The van der Waals surface area contributed by atoms with Gasteiger partial charge in [-0.15, -0.1) is 6.58 Å². The van der Waals surface area contributed by atoms with Crippen LogP contribution in [0.25, 0.3) is 0 Å². The number of nitrogens with zero attached hydrogens (tertiary/aromatic N) is 3. The second-order valence-electron chi connectivity index (χ2n) is 6.27. The van der Waals surface area contributed by atoms with Gasteiger partial charge in [0.15, 0.2) is 5.78 Å². The Labute approximate surface area is 131 Å². The number of carbonyl (C=O) groups is 1. The van der Waals surface area contributed by atoms with E-state index >= 15 is 0 Å². The Kier molecular flexibility index (Phi) is 4.91. The van der Waals surface area contributed by atoms with Gasteiger partial charge in [0.05, 0.1) is 0 Å². The molecule has 4 heteroatoms. The summed E-state index contributed by atoms with van der Waals surface area (Å²) >= 11 is 0. The minimum Gasteiger partial charge on any atom is -0.297 e. The first-order valence-corrected chi connectivity index (χ1v) is 7.49. The summed E-state index contributed by atoms with van der Waals surface area (Å²) in [5.41, 5.74) is 1.94. The van der Waals surface area contributed by atoms with Gasteiger partial charge in [0.1, 0.15) is 18.7 Å². The maximum atomic E-state index is 13.0. The molecule has 0 aliphatic rings. The van der Waals surface area contributed by atoms with Crippen LogP contribution in [0.5, 0.6) is 0 Å². The largest absolute Gasteiger partial charge is 0.297 e. The molecule has 0 fully saturated rings. The van der Waals surface area contributed by atoms with E-state index in [0.717, 1.165) is 0 Å². The third-order valence-electron chi connectivity index (χ3n) is 4.01. The molecule has 1 aromatic heterocycles. The zero-order valence-electron chi connectivity index (χ0n) is 13.5. The SMILES string of the molecule is C=CCC(C(=O)C(C)(C)Cc1ccccc1C)n1cncn1. The maximum Gasteiger partial charge on any atom is 0.163 e. The lowest BCUT2D eigenvalue weighted by Gasteiger charge is -2.28. The van der Waals surface area contributed by atoms with Gasteiger partial charge in [-0.25, -0.2) is 9.67 Å². The quantitative estimate of drug-likeness (QED) is 0.734. The molecule has 1 unspecified atom stereocenters. The van der Waals surface area contributed by atoms with Crippen molar-refractivity contribution in [3.8, 4) is 0 Å². The molecule has 0 radical (unpaired) electrons. The highest BCUT2D eigenvalue weighted by Gasteiger charge is 2.34. The molecule has 0 bridgehead atoms. The van der Waals surface area contributed by atoms with Crippen LogP contribution in [0.4, 0.5) is 0 Å². The smallest absolute Gasteiger partial charge is 0.163 e. The van der Waals surface area contributed by atoms with Crippen LogP contribution in [-0.4, -0.2) is 20.5 Å². The molecule has 0 aliphatic carbocycles. The van der Waals surface area contributed by atoms with Crippen molar-refractivity contribution in [1.82, 2.24) is 14.8 Å². The highest BCUT2D eigenvalue weighted by molar-refractivity contribution is 5.88. The summed E-state index contributed by atoms with van der Waals surface area (Å²) in [4.78, 5) is 17.0. The average Bonchev–Trinajstić information content (AvgIpc) is 3.00. The van der Waals surface area contributed by atoms with Crippen LogP contribution in [0.15, 0.2) is 49.6 Å². The topological polar surface area (TPSA) is 47.8 Å². The Morgan fingerprint density at radius 3 is 2.73 bits per heavy atom. The van der Waals surface area contributed by atoms with Crippen molar-refractivity contribution in [3.05, 3.63) is 60.7 Å². The first kappa shape index (κ1) is 16.1. The predicted octanol–water partition coefficient (Wildman–Crippen LogP) is 3.54. The van der Waals surface area contributed by atoms with Gasteiger partial charge in [-0.1, -0.05) is 44.2 Å². The summed E-state index contributed by atoms with van der Waals surface area (Å²) in [5, 5.41) is 4.13. The lowest BCUT2D eigenvalue weighted by atomic mass is 9.77. The van der Waals surface area contributed by atoms with Gasteiger partial charge in [-0.05, 0) is 30.9 Å². The summed E-state index contributed by atoms with van der Waals surface area (Å²) in [6.45, 7) is 9.83. The van der Waals surface area contributed by atoms with Crippen molar-refractivity contribution in [3.63, 3.8) is 0 Å². The fraction of sp³-hybridized carbons (Fsp3) is 0.389. The minimum absolute atomic E-state index is 0.154. The first-order valence-electron chi connectivity index (χ1n) is 7.49. The summed E-state index contributed by atoms with van der Waals surface area (Å²) in [7, 11) is 0. The van der Waals surface area contributed by atoms with Crippen LogP contribution in [0.2, 0.25) is 0 Å². The summed E-state index contributed by atoms with van der Waals surface area (Å²) in [6.07, 6.45) is 6.07. The van der Waals surface area contributed by atoms with Gasteiger partial charge in [0.2, 0.25) is 0 Å². The number of rotatable bonds is 7. The number of hydrogen-bond acceptors (Lipinski definition) is 3. The number of benzene rings is 1. The zero-order chi connectivity index (χ0) is 16.2. The molecule has 116 valence electrons. The summed E-state index contributed by atoms with van der Waals surface area (Å²) in [5.74, 6) is 0.154. The molecule has 0 amide bonds. The lowest BCUT2D eigenvalue weighted by Crippen LogP contribution is -2.34. The number of Topliss-reactive ketones (excluding diaryl/α,β-unsaturated/α-hetero) is 1. The molecule has 0 spiro atoms. The molecule has 2 rings (SSSR count). The summed E-state index contributed by atoms with van der Waals surface area (Å²) in [6, 6.07) is 7.85. The third-order valence-corrected chi connectivity index (χ3v) is 4.01. The second kappa shape index (κ2) is 6.69. The Morgan fingerprint density at radius 1 is 1.41 bits per heavy atom. The number of ketones is 1. The fourth-order valence-electron chi connectivity index (χ4n) is 2.69. The first-order chi connectivity index (χ1) is 10.5. The predicted molar refractivity (Wildman–Crippen MR) is 87.5 cm³/mol. The number of carbonyl (C=O) groups excluding carboxylic acids is 1. The van der Waals surface area contributed by atoms with E-state index < -0.39 is 5.41 Å². The van der Waals surface area contributed by atoms with Crippen molar-refractivity contribution in [2.24, 2.45) is 5.41 Å². The van der Waals surface area contributed by atoms with Crippen molar-refractivity contribution < 1.29 is 4.79 Å². The molecule has 22 heavy (non-hydrogen) atoms. The van der Waals surface area contributed by atoms with Gasteiger partial charge in [0.25, 0.3) is 0 Å². The van der Waals surface area contributed by atoms with E-state index in [-0.39, 0.29) is 11.8 Å². The Hall–Kier alpha value is -2.23. The second-order valence-corrected chi connectivity index (χ2v) is 6.27. The van der Waals surface area contributed by atoms with Gasteiger partial charge in [-0.3, -0.25) is 4.79 Å². The van der Waals surface area contributed by atoms with Gasteiger partial charge in [-0.2, -0.15) is 5.10 Å². The molecule has 1 aromatic carbocycles. The Balaban J connectivity index is 2.24. The molecule has 4 nitrogen and oxygen atoms in total. The molecule has 1 atom stereocenters. The van der Waals surface area contributed by atoms with Gasteiger partial charge < -0.3 is 0 Å². The van der Waals surface area contributed by atoms with E-state index in [0.29, 0.717) is 12.8 Å². The molecule has 0 N–H and O–H groups in total. The molecule has 2 aromatic rings. The third kappa shape index (κ3) is 3.50.